The van der Waals surface area contributed by atoms with E-state index in [2.05, 4.69) is 10.1 Å². The molecule has 3 heterocycles. The highest BCUT2D eigenvalue weighted by Gasteiger charge is 2.31. The predicted octanol–water partition coefficient (Wildman–Crippen LogP) is 5.05. The lowest BCUT2D eigenvalue weighted by Crippen LogP contribution is -2.41. The molecule has 2 aromatic heterocycles. The van der Waals surface area contributed by atoms with Crippen molar-refractivity contribution in [2.24, 2.45) is 5.10 Å². The molecule has 1 unspecified atom stereocenters. The molecule has 12 nitrogen and oxygen atoms in total. The van der Waals surface area contributed by atoms with Crippen molar-refractivity contribution in [1.82, 2.24) is 9.29 Å². The van der Waals surface area contributed by atoms with Gasteiger partial charge in [0.25, 0.3) is 5.91 Å². The second kappa shape index (κ2) is 11.2. The van der Waals surface area contributed by atoms with Gasteiger partial charge in [-0.3, -0.25) is 14.9 Å². The monoisotopic (exact) mass is 583 g/mol. The van der Waals surface area contributed by atoms with Gasteiger partial charge in [-0.05, 0) is 68.3 Å². The van der Waals surface area contributed by atoms with Crippen molar-refractivity contribution in [2.75, 3.05) is 18.7 Å². The number of fused-ring (bicyclic) bond motifs is 1. The summed E-state index contributed by atoms with van der Waals surface area (Å²) in [5.41, 5.74) is 0.782. The van der Waals surface area contributed by atoms with Crippen LogP contribution >= 0.6 is 11.3 Å². The van der Waals surface area contributed by atoms with Gasteiger partial charge in [0, 0.05) is 18.2 Å². The third-order valence-electron chi connectivity index (χ3n) is 6.50. The highest BCUT2D eigenvalue weighted by molar-refractivity contribution is 7.89. The summed E-state index contributed by atoms with van der Waals surface area (Å²) in [7, 11) is -2.17. The van der Waals surface area contributed by atoms with Gasteiger partial charge in [0.05, 0.1) is 34.5 Å². The van der Waals surface area contributed by atoms with Crippen LogP contribution in [0.3, 0.4) is 0 Å². The minimum atomic E-state index is -3.71. The van der Waals surface area contributed by atoms with Crippen molar-refractivity contribution in [2.45, 2.75) is 37.1 Å². The highest BCUT2D eigenvalue weighted by atomic mass is 32.2. The molecule has 1 fully saturated rings. The SMILES string of the molecule is COc1ccc2nc(N(/N=C/c3ccc([N+](=O)[O-])o3)C(=O)c3ccc(S(=O)(=O)N4CCCCC4C)cc3)sc2c1. The van der Waals surface area contributed by atoms with Crippen LogP contribution in [-0.4, -0.2) is 54.4 Å². The molecule has 0 spiro atoms. The Morgan fingerprint density at radius 3 is 2.67 bits per heavy atom. The average molecular weight is 584 g/mol. The Balaban J connectivity index is 1.48. The number of nitrogens with zero attached hydrogens (tertiary/aromatic N) is 5. The van der Waals surface area contributed by atoms with Crippen LogP contribution in [0, 0.1) is 10.1 Å². The maximum absolute atomic E-state index is 13.7. The van der Waals surface area contributed by atoms with E-state index in [1.807, 2.05) is 6.92 Å². The van der Waals surface area contributed by atoms with Gasteiger partial charge in [-0.25, -0.2) is 13.4 Å². The lowest BCUT2D eigenvalue weighted by molar-refractivity contribution is -0.402. The minimum Gasteiger partial charge on any atom is -0.497 e. The Morgan fingerprint density at radius 1 is 1.23 bits per heavy atom. The number of amides is 1. The molecule has 0 N–H and O–H groups in total. The highest BCUT2D eigenvalue weighted by Crippen LogP contribution is 2.33. The van der Waals surface area contributed by atoms with Gasteiger partial charge < -0.3 is 9.15 Å². The van der Waals surface area contributed by atoms with Crippen LogP contribution in [0.4, 0.5) is 11.0 Å². The fourth-order valence-corrected chi connectivity index (χ4v) is 7.03. The summed E-state index contributed by atoms with van der Waals surface area (Å²) in [6.45, 7) is 2.35. The molecule has 5 rings (SSSR count). The number of methoxy groups -OCH3 is 1. The second-order valence-corrected chi connectivity index (χ2v) is 12.0. The van der Waals surface area contributed by atoms with Crippen molar-refractivity contribution >= 4 is 54.7 Å². The third kappa shape index (κ3) is 5.46. The predicted molar refractivity (Wildman–Crippen MR) is 150 cm³/mol. The quantitative estimate of drug-likeness (QED) is 0.159. The molecule has 14 heteroatoms. The van der Waals surface area contributed by atoms with Crippen LogP contribution in [-0.2, 0) is 10.0 Å². The van der Waals surface area contributed by atoms with Crippen LogP contribution < -0.4 is 9.75 Å². The van der Waals surface area contributed by atoms with Crippen LogP contribution in [0.15, 0.2) is 69.0 Å². The van der Waals surface area contributed by atoms with E-state index in [1.54, 1.807) is 25.3 Å². The van der Waals surface area contributed by atoms with Crippen molar-refractivity contribution in [3.05, 3.63) is 76.0 Å². The number of piperidine rings is 1. The molecule has 0 radical (unpaired) electrons. The molecule has 1 aliphatic rings. The largest absolute Gasteiger partial charge is 0.497 e. The summed E-state index contributed by atoms with van der Waals surface area (Å²) in [5, 5.41) is 16.5. The number of rotatable bonds is 8. The topological polar surface area (TPSA) is 148 Å². The molecule has 4 aromatic rings. The van der Waals surface area contributed by atoms with Crippen molar-refractivity contribution in [3.8, 4) is 5.75 Å². The van der Waals surface area contributed by atoms with Crippen molar-refractivity contribution < 1.29 is 27.3 Å². The number of hydrazone groups is 1. The zero-order valence-corrected chi connectivity index (χ0v) is 23.2. The first-order valence-corrected chi connectivity index (χ1v) is 14.6. The van der Waals surface area contributed by atoms with Gasteiger partial charge >= 0.3 is 5.88 Å². The second-order valence-electron chi connectivity index (χ2n) is 9.11. The van der Waals surface area contributed by atoms with Crippen molar-refractivity contribution in [1.29, 1.82) is 0 Å². The van der Waals surface area contributed by atoms with E-state index in [4.69, 9.17) is 9.15 Å². The number of anilines is 1. The Labute approximate surface area is 233 Å². The molecule has 208 valence electrons. The van der Waals surface area contributed by atoms with E-state index in [9.17, 15) is 23.3 Å². The number of hydrogen-bond donors (Lipinski definition) is 0. The van der Waals surface area contributed by atoms with E-state index in [-0.39, 0.29) is 27.4 Å². The molecule has 0 bridgehead atoms. The van der Waals surface area contributed by atoms with Crippen LogP contribution in [0.2, 0.25) is 0 Å². The molecule has 1 saturated heterocycles. The Morgan fingerprint density at radius 2 is 2.00 bits per heavy atom. The van der Waals surface area contributed by atoms with E-state index in [0.717, 1.165) is 29.0 Å². The molecule has 1 atom stereocenters. The van der Waals surface area contributed by atoms with E-state index in [1.165, 1.54) is 58.3 Å². The van der Waals surface area contributed by atoms with Gasteiger partial charge in [-0.15, -0.1) is 0 Å². The number of carbonyl (C=O) groups excluding carboxylic acids is 1. The first kappa shape index (κ1) is 27.4. The fraction of sp³-hybridized carbons (Fsp3) is 0.269. The number of nitro groups is 1. The molecule has 40 heavy (non-hydrogen) atoms. The minimum absolute atomic E-state index is 0.0596. The van der Waals surface area contributed by atoms with Crippen LogP contribution in [0.25, 0.3) is 10.2 Å². The summed E-state index contributed by atoms with van der Waals surface area (Å²) < 4.78 is 39.1. The average Bonchev–Trinajstić information content (AvgIpc) is 3.60. The fourth-order valence-electron chi connectivity index (χ4n) is 4.38. The number of benzene rings is 2. The third-order valence-corrected chi connectivity index (χ3v) is 9.52. The summed E-state index contributed by atoms with van der Waals surface area (Å²) >= 11 is 1.19. The number of ether oxygens (including phenoxy) is 1. The van der Waals surface area contributed by atoms with Crippen LogP contribution in [0.1, 0.15) is 42.3 Å². The lowest BCUT2D eigenvalue weighted by Gasteiger charge is -2.32. The van der Waals surface area contributed by atoms with Gasteiger partial charge in [0.2, 0.25) is 15.2 Å². The van der Waals surface area contributed by atoms with Crippen molar-refractivity contribution in [3.63, 3.8) is 0 Å². The molecule has 1 aliphatic heterocycles. The number of carbonyl (C=O) groups is 1. The molecular weight excluding hydrogens is 558 g/mol. The maximum Gasteiger partial charge on any atom is 0.433 e. The number of sulfonamides is 1. The Kier molecular flexibility index (Phi) is 7.65. The summed E-state index contributed by atoms with van der Waals surface area (Å²) in [5.74, 6) is -0.374. The maximum atomic E-state index is 13.7. The van der Waals surface area contributed by atoms with Gasteiger partial charge in [0.1, 0.15) is 10.7 Å². The molecule has 0 saturated carbocycles. The first-order chi connectivity index (χ1) is 19.2. The molecule has 2 aromatic carbocycles. The van der Waals surface area contributed by atoms with Gasteiger partial charge in [-0.1, -0.05) is 17.8 Å². The standard InChI is InChI=1S/C26H25N5O7S2/c1-17-5-3-4-14-29(17)40(35,36)21-10-6-18(7-11-21)25(32)30(27-16-20-9-13-24(38-20)31(33)34)26-28-22-12-8-19(37-2)15-23(22)39-26/h6-13,15-17H,3-5,14H2,1-2H3/b27-16+. The smallest absolute Gasteiger partial charge is 0.433 e. The summed E-state index contributed by atoms with van der Waals surface area (Å²) in [4.78, 5) is 28.6. The molecule has 1 amide bonds. The lowest BCUT2D eigenvalue weighted by atomic mass is 10.1. The number of hydrogen-bond acceptors (Lipinski definition) is 10. The molecular formula is C26H25N5O7S2. The normalized spacial score (nSPS) is 16.4. The summed E-state index contributed by atoms with van der Waals surface area (Å²) in [6.07, 6.45) is 3.77. The number of thiazole rings is 1. The van der Waals surface area contributed by atoms with Gasteiger partial charge in [-0.2, -0.15) is 14.4 Å². The zero-order chi connectivity index (χ0) is 28.4. The molecule has 0 aliphatic carbocycles. The van der Waals surface area contributed by atoms with E-state index in [0.29, 0.717) is 17.8 Å². The number of aromatic nitrogens is 1. The van der Waals surface area contributed by atoms with Gasteiger partial charge in [0.15, 0.2) is 5.76 Å². The summed E-state index contributed by atoms with van der Waals surface area (Å²) in [6, 6.07) is 13.4. The Hall–Kier alpha value is -4.14. The number of furan rings is 1. The Bertz CT molecular complexity index is 1700. The van der Waals surface area contributed by atoms with E-state index < -0.39 is 26.7 Å². The van der Waals surface area contributed by atoms with E-state index >= 15 is 0 Å². The first-order valence-electron chi connectivity index (χ1n) is 12.4. The van der Waals surface area contributed by atoms with Crippen LogP contribution in [0.5, 0.6) is 5.75 Å². The zero-order valence-electron chi connectivity index (χ0n) is 21.6.